The number of fused-ring (bicyclic) bond motifs is 6. The zero-order valence-corrected chi connectivity index (χ0v) is 20.5. The third-order valence-corrected chi connectivity index (χ3v) is 7.63. The topological polar surface area (TPSA) is 54.5 Å². The Hall–Kier alpha value is -5.09. The maximum absolute atomic E-state index is 4.80. The van der Waals surface area contributed by atoms with Gasteiger partial charge in [0.05, 0.1) is 17.1 Å². The van der Waals surface area contributed by atoms with E-state index < -0.39 is 0 Å². The smallest absolute Gasteiger partial charge is 0.0986 e. The summed E-state index contributed by atoms with van der Waals surface area (Å²) in [6.07, 6.45) is 6.43. The zero-order chi connectivity index (χ0) is 25.1. The molecule has 7 aromatic rings. The van der Waals surface area contributed by atoms with Gasteiger partial charge in [0.1, 0.15) is 0 Å². The van der Waals surface area contributed by atoms with Crippen molar-refractivity contribution in [3.63, 3.8) is 0 Å². The van der Waals surface area contributed by atoms with E-state index in [9.17, 15) is 0 Å². The first kappa shape index (κ1) is 21.0. The third kappa shape index (κ3) is 3.14. The van der Waals surface area contributed by atoms with Crippen molar-refractivity contribution in [3.8, 4) is 44.9 Å². The molecule has 0 saturated carbocycles. The van der Waals surface area contributed by atoms with Gasteiger partial charge in [-0.3, -0.25) is 15.0 Å². The van der Waals surface area contributed by atoms with Crippen LogP contribution in [0.2, 0.25) is 0 Å². The summed E-state index contributed by atoms with van der Waals surface area (Å²) in [5.41, 5.74) is 13.6. The quantitative estimate of drug-likeness (QED) is 0.275. The number of hydrogen-bond acceptors (Lipinski definition) is 3. The van der Waals surface area contributed by atoms with Crippen LogP contribution in [0.15, 0.2) is 116 Å². The van der Waals surface area contributed by atoms with Gasteiger partial charge in [0.25, 0.3) is 0 Å². The van der Waals surface area contributed by atoms with E-state index in [1.165, 1.54) is 49.6 Å². The first-order chi connectivity index (χ1) is 18.8. The monoisotopic (exact) mass is 486 g/mol. The van der Waals surface area contributed by atoms with Crippen LogP contribution >= 0.6 is 0 Å². The molecule has 1 aliphatic carbocycles. The molecule has 8 rings (SSSR count). The lowest BCUT2D eigenvalue weighted by atomic mass is 9.90. The molecule has 0 saturated heterocycles. The predicted molar refractivity (Wildman–Crippen MR) is 154 cm³/mol. The van der Waals surface area contributed by atoms with E-state index in [-0.39, 0.29) is 0 Å². The fourth-order valence-corrected chi connectivity index (χ4v) is 5.97. The second-order valence-electron chi connectivity index (χ2n) is 9.75. The van der Waals surface area contributed by atoms with Crippen LogP contribution in [-0.4, -0.2) is 19.9 Å². The molecule has 0 aliphatic heterocycles. The standard InChI is InChI=1S/C34H22N4/c1-2-11-29-24(8-1)28-20-26-21(19-32(28)38-29)18-27-22(9-7-10-23(26)27)25-14-17-37-34(31-13-4-6-16-36-31)33(25)30-12-3-5-15-35-30/h1-17,19-20,38H,18H2. The molecule has 0 unspecified atom stereocenters. The second kappa shape index (κ2) is 8.22. The fourth-order valence-electron chi connectivity index (χ4n) is 5.97. The highest BCUT2D eigenvalue weighted by Crippen LogP contribution is 2.46. The summed E-state index contributed by atoms with van der Waals surface area (Å²) in [5, 5.41) is 2.54. The summed E-state index contributed by atoms with van der Waals surface area (Å²) in [4.78, 5) is 17.8. The van der Waals surface area contributed by atoms with E-state index in [0.29, 0.717) is 0 Å². The highest BCUT2D eigenvalue weighted by atomic mass is 14.8. The molecule has 3 aromatic carbocycles. The van der Waals surface area contributed by atoms with Crippen molar-refractivity contribution < 1.29 is 0 Å². The van der Waals surface area contributed by atoms with Gasteiger partial charge < -0.3 is 4.98 Å². The summed E-state index contributed by atoms with van der Waals surface area (Å²) in [6.45, 7) is 0. The summed E-state index contributed by atoms with van der Waals surface area (Å²) in [5.74, 6) is 0. The molecule has 178 valence electrons. The molecule has 0 atom stereocenters. The van der Waals surface area contributed by atoms with Gasteiger partial charge in [0, 0.05) is 46.0 Å². The maximum Gasteiger partial charge on any atom is 0.0986 e. The number of rotatable bonds is 3. The summed E-state index contributed by atoms with van der Waals surface area (Å²) >= 11 is 0. The minimum Gasteiger partial charge on any atom is -0.355 e. The van der Waals surface area contributed by atoms with Gasteiger partial charge in [0.2, 0.25) is 0 Å². The Morgan fingerprint density at radius 2 is 1.29 bits per heavy atom. The van der Waals surface area contributed by atoms with E-state index in [2.05, 4.69) is 76.7 Å². The minimum absolute atomic E-state index is 0.840. The molecular weight excluding hydrogens is 464 g/mol. The molecular formula is C34H22N4. The van der Waals surface area contributed by atoms with E-state index >= 15 is 0 Å². The molecule has 0 bridgehead atoms. The van der Waals surface area contributed by atoms with Crippen molar-refractivity contribution in [1.82, 2.24) is 19.9 Å². The van der Waals surface area contributed by atoms with E-state index in [0.717, 1.165) is 34.6 Å². The van der Waals surface area contributed by atoms with Crippen molar-refractivity contribution in [3.05, 3.63) is 127 Å². The molecule has 0 amide bonds. The summed E-state index contributed by atoms with van der Waals surface area (Å²) in [7, 11) is 0. The molecule has 1 aliphatic rings. The molecule has 4 heterocycles. The summed E-state index contributed by atoms with van der Waals surface area (Å²) < 4.78 is 0. The van der Waals surface area contributed by atoms with Crippen LogP contribution in [0.3, 0.4) is 0 Å². The largest absolute Gasteiger partial charge is 0.355 e. The average molecular weight is 487 g/mol. The highest BCUT2D eigenvalue weighted by Gasteiger charge is 2.25. The average Bonchev–Trinajstić information content (AvgIpc) is 3.54. The van der Waals surface area contributed by atoms with Crippen LogP contribution in [-0.2, 0) is 6.42 Å². The minimum atomic E-state index is 0.840. The Morgan fingerprint density at radius 1 is 0.526 bits per heavy atom. The molecule has 38 heavy (non-hydrogen) atoms. The van der Waals surface area contributed by atoms with Crippen molar-refractivity contribution in [2.75, 3.05) is 0 Å². The van der Waals surface area contributed by atoms with Crippen LogP contribution in [0.25, 0.3) is 66.7 Å². The van der Waals surface area contributed by atoms with Crippen LogP contribution in [0.5, 0.6) is 0 Å². The number of H-pyrrole nitrogens is 1. The first-order valence-corrected chi connectivity index (χ1v) is 12.8. The van der Waals surface area contributed by atoms with Crippen LogP contribution in [0.1, 0.15) is 11.1 Å². The van der Waals surface area contributed by atoms with E-state index in [4.69, 9.17) is 9.97 Å². The number of aromatic amines is 1. The lowest BCUT2D eigenvalue weighted by molar-refractivity contribution is 1.22. The van der Waals surface area contributed by atoms with Crippen LogP contribution in [0.4, 0.5) is 0 Å². The summed E-state index contributed by atoms with van der Waals surface area (Å²) in [6, 6.07) is 34.0. The number of nitrogens with zero attached hydrogens (tertiary/aromatic N) is 3. The number of nitrogens with one attached hydrogen (secondary N) is 1. The highest BCUT2D eigenvalue weighted by molar-refractivity contribution is 6.09. The molecule has 0 spiro atoms. The molecule has 4 aromatic heterocycles. The van der Waals surface area contributed by atoms with Gasteiger partial charge in [-0.1, -0.05) is 48.5 Å². The zero-order valence-electron chi connectivity index (χ0n) is 20.5. The number of para-hydroxylation sites is 1. The lowest BCUT2D eigenvalue weighted by Crippen LogP contribution is -1.98. The van der Waals surface area contributed by atoms with Gasteiger partial charge in [-0.25, -0.2) is 0 Å². The number of pyridine rings is 3. The third-order valence-electron chi connectivity index (χ3n) is 7.63. The molecule has 0 radical (unpaired) electrons. The second-order valence-corrected chi connectivity index (χ2v) is 9.75. The van der Waals surface area contributed by atoms with Crippen LogP contribution in [0, 0.1) is 0 Å². The number of hydrogen-bond donors (Lipinski definition) is 1. The van der Waals surface area contributed by atoms with Crippen molar-refractivity contribution >= 4 is 21.8 Å². The first-order valence-electron chi connectivity index (χ1n) is 12.8. The molecule has 4 heteroatoms. The van der Waals surface area contributed by atoms with Crippen LogP contribution < -0.4 is 0 Å². The normalized spacial score (nSPS) is 12.1. The SMILES string of the molecule is c1ccc(-c2nccc(-c3cccc4c3Cc3cc5[nH]c6ccccc6c5cc3-4)c2-c2ccccn2)nc1. The Morgan fingerprint density at radius 3 is 2.11 bits per heavy atom. The van der Waals surface area contributed by atoms with E-state index in [1.54, 1.807) is 0 Å². The molecule has 0 fully saturated rings. The molecule has 4 nitrogen and oxygen atoms in total. The van der Waals surface area contributed by atoms with Crippen molar-refractivity contribution in [2.24, 2.45) is 0 Å². The Kier molecular flexibility index (Phi) is 4.55. The van der Waals surface area contributed by atoms with Gasteiger partial charge in [-0.05, 0) is 88.3 Å². The van der Waals surface area contributed by atoms with Gasteiger partial charge in [0.15, 0.2) is 0 Å². The van der Waals surface area contributed by atoms with Gasteiger partial charge in [-0.15, -0.1) is 0 Å². The fraction of sp³-hybridized carbons (Fsp3) is 0.0294. The van der Waals surface area contributed by atoms with Gasteiger partial charge in [-0.2, -0.15) is 0 Å². The molecule has 1 N–H and O–H groups in total. The van der Waals surface area contributed by atoms with Crippen molar-refractivity contribution in [1.29, 1.82) is 0 Å². The Bertz CT molecular complexity index is 1990. The maximum atomic E-state index is 4.80. The number of benzene rings is 3. The Balaban J connectivity index is 1.36. The van der Waals surface area contributed by atoms with Gasteiger partial charge >= 0.3 is 0 Å². The predicted octanol–water partition coefficient (Wildman–Crippen LogP) is 8.08. The van der Waals surface area contributed by atoms with Crippen molar-refractivity contribution in [2.45, 2.75) is 6.42 Å². The van der Waals surface area contributed by atoms with E-state index in [1.807, 2.05) is 48.9 Å². The Labute approximate surface area is 219 Å². The lowest BCUT2D eigenvalue weighted by Gasteiger charge is -2.16. The number of aromatic nitrogens is 4.